The number of aromatic nitrogens is 2. The van der Waals surface area contributed by atoms with E-state index >= 15 is 0 Å². The quantitative estimate of drug-likeness (QED) is 0.811. The van der Waals surface area contributed by atoms with Crippen molar-refractivity contribution >= 4 is 17.4 Å². The first-order valence-corrected chi connectivity index (χ1v) is 5.89. The molecule has 0 N–H and O–H groups in total. The van der Waals surface area contributed by atoms with E-state index in [1.165, 1.54) is 6.42 Å². The molecule has 88 valence electrons. The van der Waals surface area contributed by atoms with Crippen LogP contribution in [0.2, 0.25) is 5.15 Å². The van der Waals surface area contributed by atoms with Crippen LogP contribution in [0.1, 0.15) is 12.8 Å². The third-order valence-electron chi connectivity index (χ3n) is 2.86. The van der Waals surface area contributed by atoms with Gasteiger partial charge in [-0.15, -0.1) is 0 Å². The van der Waals surface area contributed by atoms with Crippen LogP contribution in [0.3, 0.4) is 0 Å². The number of hydrogen-bond acceptors (Lipinski definition) is 4. The molecule has 0 amide bonds. The first-order valence-electron chi connectivity index (χ1n) is 5.51. The Bertz CT molecular complexity index is 346. The van der Waals surface area contributed by atoms with Gasteiger partial charge in [-0.05, 0) is 18.8 Å². The lowest BCUT2D eigenvalue weighted by Crippen LogP contribution is -2.37. The van der Waals surface area contributed by atoms with Crippen molar-refractivity contribution in [3.05, 3.63) is 17.5 Å². The van der Waals surface area contributed by atoms with Crippen LogP contribution in [0.5, 0.6) is 0 Å². The Labute approximate surface area is 101 Å². The van der Waals surface area contributed by atoms with Crippen molar-refractivity contribution in [2.45, 2.75) is 12.8 Å². The molecule has 0 radical (unpaired) electrons. The highest BCUT2D eigenvalue weighted by Crippen LogP contribution is 2.25. The summed E-state index contributed by atoms with van der Waals surface area (Å²) in [4.78, 5) is 10.5. The Balaban J connectivity index is 2.07. The number of ether oxygens (including phenoxy) is 1. The van der Waals surface area contributed by atoms with Crippen molar-refractivity contribution in [2.75, 3.05) is 31.7 Å². The van der Waals surface area contributed by atoms with E-state index in [1.807, 2.05) is 0 Å². The fourth-order valence-electron chi connectivity index (χ4n) is 2.16. The van der Waals surface area contributed by atoms with E-state index in [0.717, 1.165) is 31.9 Å². The zero-order chi connectivity index (χ0) is 11.4. The van der Waals surface area contributed by atoms with Crippen molar-refractivity contribution in [1.82, 2.24) is 9.97 Å². The number of hydrogen-bond donors (Lipinski definition) is 0. The van der Waals surface area contributed by atoms with Gasteiger partial charge < -0.3 is 9.64 Å². The normalized spacial score (nSPS) is 21.1. The van der Waals surface area contributed by atoms with E-state index in [9.17, 15) is 0 Å². The molecule has 0 saturated carbocycles. The molecule has 5 heteroatoms. The van der Waals surface area contributed by atoms with Gasteiger partial charge in [-0.3, -0.25) is 0 Å². The van der Waals surface area contributed by atoms with E-state index in [0.29, 0.717) is 11.1 Å². The highest BCUT2D eigenvalue weighted by molar-refractivity contribution is 6.31. The van der Waals surface area contributed by atoms with Gasteiger partial charge in [0.1, 0.15) is 0 Å². The number of rotatable bonds is 3. The molecule has 1 aromatic heterocycles. The van der Waals surface area contributed by atoms with Crippen molar-refractivity contribution in [1.29, 1.82) is 0 Å². The maximum atomic E-state index is 6.04. The van der Waals surface area contributed by atoms with Crippen LogP contribution < -0.4 is 4.90 Å². The van der Waals surface area contributed by atoms with Gasteiger partial charge in [0.2, 0.25) is 0 Å². The second-order valence-electron chi connectivity index (χ2n) is 4.08. The first kappa shape index (κ1) is 11.6. The van der Waals surface area contributed by atoms with Crippen LogP contribution >= 0.6 is 11.6 Å². The fraction of sp³-hybridized carbons (Fsp3) is 0.636. The molecule has 0 aromatic carbocycles. The molecule has 4 nitrogen and oxygen atoms in total. The number of methoxy groups -OCH3 is 1. The van der Waals surface area contributed by atoms with Gasteiger partial charge in [0, 0.05) is 32.6 Å². The van der Waals surface area contributed by atoms with E-state index in [-0.39, 0.29) is 0 Å². The van der Waals surface area contributed by atoms with Gasteiger partial charge in [-0.25, -0.2) is 9.97 Å². The lowest BCUT2D eigenvalue weighted by Gasteiger charge is -2.33. The summed E-state index contributed by atoms with van der Waals surface area (Å²) in [5, 5.41) is 0.487. The average molecular weight is 242 g/mol. The minimum atomic E-state index is 0.487. The van der Waals surface area contributed by atoms with Crippen LogP contribution in [0.4, 0.5) is 5.82 Å². The molecule has 0 spiro atoms. The van der Waals surface area contributed by atoms with E-state index in [2.05, 4.69) is 14.9 Å². The van der Waals surface area contributed by atoms with E-state index in [4.69, 9.17) is 16.3 Å². The maximum Gasteiger partial charge on any atom is 0.171 e. The Hall–Kier alpha value is -0.870. The lowest BCUT2D eigenvalue weighted by atomic mass is 9.99. The topological polar surface area (TPSA) is 38.2 Å². The molecule has 2 heterocycles. The monoisotopic (exact) mass is 241 g/mol. The van der Waals surface area contributed by atoms with Crippen molar-refractivity contribution in [2.24, 2.45) is 5.92 Å². The molecular weight excluding hydrogens is 226 g/mol. The van der Waals surface area contributed by atoms with Gasteiger partial charge in [0.25, 0.3) is 0 Å². The molecule has 0 bridgehead atoms. The third kappa shape index (κ3) is 2.62. The van der Waals surface area contributed by atoms with Crippen LogP contribution in [0.25, 0.3) is 0 Å². The maximum absolute atomic E-state index is 6.04. The summed E-state index contributed by atoms with van der Waals surface area (Å²) in [6.07, 6.45) is 5.66. The summed E-state index contributed by atoms with van der Waals surface area (Å²) in [5.74, 6) is 1.36. The summed E-state index contributed by atoms with van der Waals surface area (Å²) < 4.78 is 5.20. The minimum Gasteiger partial charge on any atom is -0.384 e. The van der Waals surface area contributed by atoms with Crippen molar-refractivity contribution in [3.63, 3.8) is 0 Å². The molecule has 0 unspecified atom stereocenters. The standard InChI is InChI=1S/C11H16ClN3O/c1-16-8-9-3-2-6-15(7-9)11-10(12)13-4-5-14-11/h4-5,9H,2-3,6-8H2,1H3/t9-/m0/s1. The van der Waals surface area contributed by atoms with Crippen LogP contribution in [0.15, 0.2) is 12.4 Å². The van der Waals surface area contributed by atoms with Crippen molar-refractivity contribution in [3.8, 4) is 0 Å². The zero-order valence-corrected chi connectivity index (χ0v) is 10.2. The Morgan fingerprint density at radius 1 is 1.50 bits per heavy atom. The first-order chi connectivity index (χ1) is 7.81. The third-order valence-corrected chi connectivity index (χ3v) is 3.12. The largest absolute Gasteiger partial charge is 0.384 e. The number of piperidine rings is 1. The lowest BCUT2D eigenvalue weighted by molar-refractivity contribution is 0.143. The van der Waals surface area contributed by atoms with Crippen LogP contribution in [-0.2, 0) is 4.74 Å². The summed E-state index contributed by atoms with van der Waals surface area (Å²) >= 11 is 6.04. The van der Waals surface area contributed by atoms with Crippen LogP contribution in [-0.4, -0.2) is 36.8 Å². The van der Waals surface area contributed by atoms with Gasteiger partial charge in [0.05, 0.1) is 6.61 Å². The second-order valence-corrected chi connectivity index (χ2v) is 4.44. The Morgan fingerprint density at radius 2 is 2.31 bits per heavy atom. The van der Waals surface area contributed by atoms with E-state index < -0.39 is 0 Å². The Kier molecular flexibility index (Phi) is 3.96. The second kappa shape index (κ2) is 5.46. The molecule has 1 saturated heterocycles. The Morgan fingerprint density at radius 3 is 3.06 bits per heavy atom. The predicted molar refractivity (Wildman–Crippen MR) is 63.9 cm³/mol. The molecule has 2 rings (SSSR count). The number of nitrogens with zero attached hydrogens (tertiary/aromatic N) is 3. The summed E-state index contributed by atoms with van der Waals surface area (Å²) in [7, 11) is 1.74. The molecule has 0 aliphatic carbocycles. The fourth-order valence-corrected chi connectivity index (χ4v) is 2.38. The van der Waals surface area contributed by atoms with Gasteiger partial charge in [0.15, 0.2) is 11.0 Å². The van der Waals surface area contributed by atoms with E-state index in [1.54, 1.807) is 19.5 Å². The van der Waals surface area contributed by atoms with Gasteiger partial charge in [-0.1, -0.05) is 11.6 Å². The van der Waals surface area contributed by atoms with Gasteiger partial charge in [-0.2, -0.15) is 0 Å². The highest BCUT2D eigenvalue weighted by atomic mass is 35.5. The molecule has 1 aliphatic rings. The van der Waals surface area contributed by atoms with Crippen molar-refractivity contribution < 1.29 is 4.74 Å². The average Bonchev–Trinajstić information content (AvgIpc) is 2.30. The molecule has 16 heavy (non-hydrogen) atoms. The number of anilines is 1. The SMILES string of the molecule is COC[C@H]1CCCN(c2nccnc2Cl)C1. The summed E-state index contributed by atoms with van der Waals surface area (Å²) in [5.41, 5.74) is 0. The minimum absolute atomic E-state index is 0.487. The molecular formula is C11H16ClN3O. The predicted octanol–water partition coefficient (Wildman–Crippen LogP) is 1.99. The zero-order valence-electron chi connectivity index (χ0n) is 9.40. The molecule has 1 fully saturated rings. The van der Waals surface area contributed by atoms with Gasteiger partial charge >= 0.3 is 0 Å². The number of halogens is 1. The summed E-state index contributed by atoms with van der Waals surface area (Å²) in [6.45, 7) is 2.75. The molecule has 1 aromatic rings. The summed E-state index contributed by atoms with van der Waals surface area (Å²) in [6, 6.07) is 0. The molecule has 1 atom stereocenters. The molecule has 1 aliphatic heterocycles. The highest BCUT2D eigenvalue weighted by Gasteiger charge is 2.22. The smallest absolute Gasteiger partial charge is 0.171 e. The van der Waals surface area contributed by atoms with Crippen LogP contribution in [0, 0.1) is 5.92 Å².